The minimum Gasteiger partial charge on any atom is -0.502 e. The van der Waals surface area contributed by atoms with Gasteiger partial charge in [0.2, 0.25) is 5.76 Å². The second kappa shape index (κ2) is 8.75. The molecule has 0 saturated heterocycles. The van der Waals surface area contributed by atoms with Gasteiger partial charge in [-0.1, -0.05) is 6.07 Å². The lowest BCUT2D eigenvalue weighted by Gasteiger charge is -2.08. The Morgan fingerprint density at radius 2 is 1.69 bits per heavy atom. The fraction of sp³-hybridized carbons (Fsp3) is 0.158. The van der Waals surface area contributed by atoms with Crippen LogP contribution in [0.25, 0.3) is 0 Å². The SMILES string of the molecule is CCOC(=O)C(O)=CC(=O)c1ccc(OCc2c(F)cccc2F)cc1. The van der Waals surface area contributed by atoms with Crippen molar-refractivity contribution in [1.82, 2.24) is 0 Å². The molecule has 2 aromatic rings. The number of rotatable bonds is 7. The lowest BCUT2D eigenvalue weighted by Crippen LogP contribution is -2.09. The molecule has 0 saturated carbocycles. The Bertz CT molecular complexity index is 808. The quantitative estimate of drug-likeness (QED) is 0.352. The molecule has 0 spiro atoms. The van der Waals surface area contributed by atoms with Crippen molar-refractivity contribution in [2.75, 3.05) is 6.61 Å². The van der Waals surface area contributed by atoms with Crippen LogP contribution in [0.1, 0.15) is 22.8 Å². The number of allylic oxidation sites excluding steroid dienone is 1. The van der Waals surface area contributed by atoms with Gasteiger partial charge >= 0.3 is 5.97 Å². The van der Waals surface area contributed by atoms with Gasteiger partial charge < -0.3 is 14.6 Å². The molecule has 2 aromatic carbocycles. The number of benzene rings is 2. The standard InChI is InChI=1S/C19H16F2O5/c1-2-25-19(24)18(23)10-17(22)12-6-8-13(9-7-12)26-11-14-15(20)4-3-5-16(14)21/h3-10,23H,2,11H2,1H3. The Morgan fingerprint density at radius 3 is 2.27 bits per heavy atom. The van der Waals surface area contributed by atoms with Crippen LogP contribution in [0.2, 0.25) is 0 Å². The molecular formula is C19H16F2O5. The van der Waals surface area contributed by atoms with Gasteiger partial charge in [0.1, 0.15) is 24.0 Å². The Balaban J connectivity index is 2.03. The van der Waals surface area contributed by atoms with Crippen molar-refractivity contribution in [3.05, 3.63) is 77.1 Å². The third-order valence-corrected chi connectivity index (χ3v) is 3.34. The average Bonchev–Trinajstić information content (AvgIpc) is 2.62. The number of hydrogen-bond donors (Lipinski definition) is 1. The van der Waals surface area contributed by atoms with Crippen LogP contribution in [0.5, 0.6) is 5.75 Å². The van der Waals surface area contributed by atoms with Crippen LogP contribution in [-0.4, -0.2) is 23.5 Å². The maximum absolute atomic E-state index is 13.5. The number of aliphatic hydroxyl groups is 1. The fourth-order valence-electron chi connectivity index (χ4n) is 2.01. The normalized spacial score (nSPS) is 11.1. The van der Waals surface area contributed by atoms with E-state index in [-0.39, 0.29) is 24.3 Å². The molecule has 0 atom stereocenters. The summed E-state index contributed by atoms with van der Waals surface area (Å²) in [4.78, 5) is 23.2. The first kappa shape index (κ1) is 19.1. The van der Waals surface area contributed by atoms with E-state index < -0.39 is 29.1 Å². The molecule has 0 aromatic heterocycles. The first-order valence-electron chi connectivity index (χ1n) is 7.70. The Morgan fingerprint density at radius 1 is 1.08 bits per heavy atom. The highest BCUT2D eigenvalue weighted by Gasteiger charge is 2.13. The Kier molecular flexibility index (Phi) is 6.43. The van der Waals surface area contributed by atoms with E-state index in [1.165, 1.54) is 30.3 Å². The summed E-state index contributed by atoms with van der Waals surface area (Å²) in [6, 6.07) is 9.17. The molecule has 5 nitrogen and oxygen atoms in total. The maximum Gasteiger partial charge on any atom is 0.373 e. The van der Waals surface area contributed by atoms with Crippen LogP contribution in [0.15, 0.2) is 54.3 Å². The van der Waals surface area contributed by atoms with Gasteiger partial charge in [-0.3, -0.25) is 4.79 Å². The van der Waals surface area contributed by atoms with Crippen LogP contribution in [-0.2, 0) is 16.1 Å². The van der Waals surface area contributed by atoms with Crippen LogP contribution in [0.4, 0.5) is 8.78 Å². The molecular weight excluding hydrogens is 346 g/mol. The van der Waals surface area contributed by atoms with Crippen molar-refractivity contribution >= 4 is 11.8 Å². The van der Waals surface area contributed by atoms with Gasteiger partial charge in [0.05, 0.1) is 12.2 Å². The molecule has 0 bridgehead atoms. The van der Waals surface area contributed by atoms with Crippen molar-refractivity contribution in [2.24, 2.45) is 0 Å². The number of ketones is 1. The minimum atomic E-state index is -0.993. The predicted molar refractivity (Wildman–Crippen MR) is 88.8 cm³/mol. The number of hydrogen-bond acceptors (Lipinski definition) is 5. The van der Waals surface area contributed by atoms with Gasteiger partial charge in [-0.25, -0.2) is 13.6 Å². The van der Waals surface area contributed by atoms with E-state index in [1.54, 1.807) is 6.92 Å². The summed E-state index contributed by atoms with van der Waals surface area (Å²) in [6.07, 6.45) is 0.753. The van der Waals surface area contributed by atoms with Crippen molar-refractivity contribution < 1.29 is 33.0 Å². The van der Waals surface area contributed by atoms with Gasteiger partial charge in [0, 0.05) is 11.6 Å². The largest absolute Gasteiger partial charge is 0.502 e. The third-order valence-electron chi connectivity index (χ3n) is 3.34. The molecule has 0 aliphatic heterocycles. The van der Waals surface area contributed by atoms with E-state index in [1.807, 2.05) is 0 Å². The summed E-state index contributed by atoms with van der Waals surface area (Å²) >= 11 is 0. The lowest BCUT2D eigenvalue weighted by atomic mass is 10.1. The molecule has 0 radical (unpaired) electrons. The molecule has 0 heterocycles. The number of aliphatic hydroxyl groups excluding tert-OH is 1. The van der Waals surface area contributed by atoms with Crippen LogP contribution in [0.3, 0.4) is 0 Å². The van der Waals surface area contributed by atoms with Crippen molar-refractivity contribution in [2.45, 2.75) is 13.5 Å². The van der Waals surface area contributed by atoms with Crippen molar-refractivity contribution in [1.29, 1.82) is 0 Å². The van der Waals surface area contributed by atoms with Crippen LogP contribution in [0, 0.1) is 11.6 Å². The number of carbonyl (C=O) groups excluding carboxylic acids is 2. The zero-order valence-electron chi connectivity index (χ0n) is 13.9. The lowest BCUT2D eigenvalue weighted by molar-refractivity contribution is -0.141. The highest BCUT2D eigenvalue weighted by Crippen LogP contribution is 2.18. The van der Waals surface area contributed by atoms with E-state index in [4.69, 9.17) is 4.74 Å². The number of halogens is 2. The highest BCUT2D eigenvalue weighted by atomic mass is 19.1. The molecule has 7 heteroatoms. The van der Waals surface area contributed by atoms with Crippen LogP contribution >= 0.6 is 0 Å². The highest BCUT2D eigenvalue weighted by molar-refractivity contribution is 6.07. The molecule has 0 aliphatic carbocycles. The maximum atomic E-state index is 13.5. The van der Waals surface area contributed by atoms with E-state index >= 15 is 0 Å². The van der Waals surface area contributed by atoms with Gasteiger partial charge in [-0.2, -0.15) is 0 Å². The summed E-state index contributed by atoms with van der Waals surface area (Å²) < 4.78 is 36.9. The van der Waals surface area contributed by atoms with E-state index in [0.717, 1.165) is 18.2 Å². The Labute approximate surface area is 148 Å². The summed E-state index contributed by atoms with van der Waals surface area (Å²) in [5.74, 6) is -3.53. The van der Waals surface area contributed by atoms with Gasteiger partial charge in [0.15, 0.2) is 5.78 Å². The number of esters is 1. The fourth-order valence-corrected chi connectivity index (χ4v) is 2.01. The third kappa shape index (κ3) is 4.89. The van der Waals surface area contributed by atoms with E-state index in [9.17, 15) is 23.5 Å². The second-order valence-corrected chi connectivity index (χ2v) is 5.13. The van der Waals surface area contributed by atoms with Crippen LogP contribution < -0.4 is 4.74 Å². The summed E-state index contributed by atoms with van der Waals surface area (Å²) in [7, 11) is 0. The molecule has 2 rings (SSSR count). The van der Waals surface area contributed by atoms with Gasteiger partial charge in [-0.15, -0.1) is 0 Å². The van der Waals surface area contributed by atoms with E-state index in [2.05, 4.69) is 4.74 Å². The minimum absolute atomic E-state index is 0.0690. The molecule has 0 fully saturated rings. The second-order valence-electron chi connectivity index (χ2n) is 5.13. The molecule has 0 aliphatic rings. The van der Waals surface area contributed by atoms with Gasteiger partial charge in [0.25, 0.3) is 0 Å². The van der Waals surface area contributed by atoms with Gasteiger partial charge in [-0.05, 0) is 43.3 Å². The topological polar surface area (TPSA) is 72.8 Å². The monoisotopic (exact) mass is 362 g/mol. The smallest absolute Gasteiger partial charge is 0.373 e. The predicted octanol–water partition coefficient (Wildman–Crippen LogP) is 3.73. The van der Waals surface area contributed by atoms with E-state index in [0.29, 0.717) is 5.75 Å². The molecule has 1 N–H and O–H groups in total. The summed E-state index contributed by atoms with van der Waals surface area (Å²) in [5.41, 5.74) is -0.0137. The average molecular weight is 362 g/mol. The molecule has 0 amide bonds. The van der Waals surface area contributed by atoms with Crippen molar-refractivity contribution in [3.63, 3.8) is 0 Å². The van der Waals surface area contributed by atoms with Crippen molar-refractivity contribution in [3.8, 4) is 5.75 Å². The first-order chi connectivity index (χ1) is 12.4. The number of ether oxygens (including phenoxy) is 2. The molecule has 26 heavy (non-hydrogen) atoms. The molecule has 0 unspecified atom stereocenters. The number of carbonyl (C=O) groups is 2. The zero-order valence-corrected chi connectivity index (χ0v) is 13.9. The Hall–Kier alpha value is -3.22. The zero-order chi connectivity index (χ0) is 19.1. The molecule has 136 valence electrons. The summed E-state index contributed by atoms with van der Waals surface area (Å²) in [6.45, 7) is 1.33. The first-order valence-corrected chi connectivity index (χ1v) is 7.70. The summed E-state index contributed by atoms with van der Waals surface area (Å²) in [5, 5.41) is 9.47.